The molecular formula is C11H12BrNO. The Hall–Kier alpha value is -0.800. The van der Waals surface area contributed by atoms with Crippen LogP contribution in [0.4, 0.5) is 0 Å². The summed E-state index contributed by atoms with van der Waals surface area (Å²) in [6.07, 6.45) is -0.425. The van der Waals surface area contributed by atoms with Gasteiger partial charge in [0.2, 0.25) is 0 Å². The molecule has 0 fully saturated rings. The number of hydrogen-bond acceptors (Lipinski definition) is 1. The monoisotopic (exact) mass is 253 g/mol. The molecule has 14 heavy (non-hydrogen) atoms. The quantitative estimate of drug-likeness (QED) is 0.831. The van der Waals surface area contributed by atoms with Gasteiger partial charge < -0.3 is 9.67 Å². The summed E-state index contributed by atoms with van der Waals surface area (Å²) in [4.78, 5) is 0. The van der Waals surface area contributed by atoms with E-state index in [4.69, 9.17) is 0 Å². The maximum atomic E-state index is 9.54. The Morgan fingerprint density at radius 3 is 2.71 bits per heavy atom. The van der Waals surface area contributed by atoms with Crippen molar-refractivity contribution in [3.63, 3.8) is 0 Å². The third kappa shape index (κ3) is 1.47. The Kier molecular flexibility index (Phi) is 2.37. The van der Waals surface area contributed by atoms with Crippen LogP contribution >= 0.6 is 15.9 Å². The first-order valence-corrected chi connectivity index (χ1v) is 5.32. The minimum atomic E-state index is -0.425. The number of aliphatic hydroxyl groups excluding tert-OH is 1. The van der Waals surface area contributed by atoms with Crippen molar-refractivity contribution in [3.8, 4) is 0 Å². The van der Waals surface area contributed by atoms with Gasteiger partial charge in [-0.1, -0.05) is 22.0 Å². The van der Waals surface area contributed by atoms with Gasteiger partial charge >= 0.3 is 0 Å². The molecule has 0 saturated heterocycles. The number of fused-ring (bicyclic) bond motifs is 1. The number of rotatable bonds is 1. The fourth-order valence-electron chi connectivity index (χ4n) is 1.73. The first-order chi connectivity index (χ1) is 6.59. The second-order valence-corrected chi connectivity index (χ2v) is 4.42. The molecule has 1 aromatic carbocycles. The van der Waals surface area contributed by atoms with Gasteiger partial charge in [0.05, 0.1) is 6.10 Å². The summed E-state index contributed by atoms with van der Waals surface area (Å²) in [5.41, 5.74) is 2.08. The first-order valence-electron chi connectivity index (χ1n) is 4.52. The van der Waals surface area contributed by atoms with Crippen LogP contribution in [0.2, 0.25) is 0 Å². The minimum absolute atomic E-state index is 0.425. The number of halogens is 1. The molecule has 3 heteroatoms. The number of aromatic nitrogens is 1. The van der Waals surface area contributed by atoms with E-state index in [1.807, 2.05) is 29.8 Å². The third-order valence-corrected chi connectivity index (χ3v) is 2.97. The van der Waals surface area contributed by atoms with Gasteiger partial charge in [0, 0.05) is 28.1 Å². The zero-order valence-corrected chi connectivity index (χ0v) is 9.75. The smallest absolute Gasteiger partial charge is 0.0912 e. The average Bonchev–Trinajstić information content (AvgIpc) is 2.44. The Morgan fingerprint density at radius 2 is 2.07 bits per heavy atom. The van der Waals surface area contributed by atoms with Gasteiger partial charge in [-0.3, -0.25) is 0 Å². The molecular weight excluding hydrogens is 242 g/mol. The lowest BCUT2D eigenvalue weighted by Crippen LogP contribution is -1.99. The van der Waals surface area contributed by atoms with Crippen molar-refractivity contribution in [1.29, 1.82) is 0 Å². The van der Waals surface area contributed by atoms with Crippen LogP contribution in [0.5, 0.6) is 0 Å². The molecule has 0 aliphatic heterocycles. The van der Waals surface area contributed by atoms with E-state index in [2.05, 4.69) is 22.0 Å². The van der Waals surface area contributed by atoms with Gasteiger partial charge in [-0.25, -0.2) is 0 Å². The Balaban J connectivity index is 2.74. The van der Waals surface area contributed by atoms with Gasteiger partial charge in [-0.05, 0) is 25.1 Å². The summed E-state index contributed by atoms with van der Waals surface area (Å²) in [6, 6.07) is 8.13. The molecule has 1 aromatic heterocycles. The largest absolute Gasteiger partial charge is 0.387 e. The van der Waals surface area contributed by atoms with Crippen LogP contribution in [0.3, 0.4) is 0 Å². The molecule has 0 aliphatic carbocycles. The fraction of sp³-hybridized carbons (Fsp3) is 0.273. The zero-order chi connectivity index (χ0) is 10.3. The predicted octanol–water partition coefficient (Wildman–Crippen LogP) is 2.99. The van der Waals surface area contributed by atoms with E-state index in [0.29, 0.717) is 0 Å². The number of nitrogens with zero attached hydrogens (tertiary/aromatic N) is 1. The summed E-state index contributed by atoms with van der Waals surface area (Å²) in [7, 11) is 1.97. The molecule has 1 atom stereocenters. The van der Waals surface area contributed by atoms with E-state index in [1.165, 1.54) is 0 Å². The van der Waals surface area contributed by atoms with Crippen molar-refractivity contribution in [1.82, 2.24) is 4.57 Å². The van der Waals surface area contributed by atoms with Crippen LogP contribution in [0, 0.1) is 0 Å². The molecule has 2 nitrogen and oxygen atoms in total. The molecule has 0 aliphatic rings. The van der Waals surface area contributed by atoms with Crippen molar-refractivity contribution < 1.29 is 5.11 Å². The summed E-state index contributed by atoms with van der Waals surface area (Å²) >= 11 is 3.44. The van der Waals surface area contributed by atoms with E-state index in [9.17, 15) is 5.11 Å². The lowest BCUT2D eigenvalue weighted by molar-refractivity contribution is 0.191. The molecule has 2 aromatic rings. The SMILES string of the molecule is CC(O)c1cc2ccc(Br)cc2n1C. The van der Waals surface area contributed by atoms with Crippen LogP contribution in [0.15, 0.2) is 28.7 Å². The highest BCUT2D eigenvalue weighted by molar-refractivity contribution is 9.10. The fourth-order valence-corrected chi connectivity index (χ4v) is 2.07. The van der Waals surface area contributed by atoms with Crippen molar-refractivity contribution in [2.75, 3.05) is 0 Å². The Morgan fingerprint density at radius 1 is 1.36 bits per heavy atom. The van der Waals surface area contributed by atoms with Crippen molar-refractivity contribution in [2.45, 2.75) is 13.0 Å². The highest BCUT2D eigenvalue weighted by Gasteiger charge is 2.09. The molecule has 0 bridgehead atoms. The maximum absolute atomic E-state index is 9.54. The van der Waals surface area contributed by atoms with Crippen molar-refractivity contribution in [2.24, 2.45) is 7.05 Å². The molecule has 0 amide bonds. The summed E-state index contributed by atoms with van der Waals surface area (Å²) in [6.45, 7) is 1.78. The standard InChI is InChI=1S/C11H12BrNO/c1-7(14)10-5-8-3-4-9(12)6-11(8)13(10)2/h3-7,14H,1-2H3. The second kappa shape index (κ2) is 3.41. The minimum Gasteiger partial charge on any atom is -0.387 e. The highest BCUT2D eigenvalue weighted by Crippen LogP contribution is 2.25. The van der Waals surface area contributed by atoms with Crippen LogP contribution in [0.25, 0.3) is 10.9 Å². The average molecular weight is 254 g/mol. The summed E-state index contributed by atoms with van der Waals surface area (Å²) < 4.78 is 3.08. The van der Waals surface area contributed by atoms with Crippen molar-refractivity contribution in [3.05, 3.63) is 34.4 Å². The van der Waals surface area contributed by atoms with Crippen LogP contribution < -0.4 is 0 Å². The maximum Gasteiger partial charge on any atom is 0.0912 e. The van der Waals surface area contributed by atoms with E-state index < -0.39 is 6.10 Å². The molecule has 1 unspecified atom stereocenters. The van der Waals surface area contributed by atoms with E-state index in [1.54, 1.807) is 6.92 Å². The van der Waals surface area contributed by atoms with E-state index >= 15 is 0 Å². The molecule has 2 rings (SSSR count). The number of aliphatic hydroxyl groups is 1. The van der Waals surface area contributed by atoms with Crippen molar-refractivity contribution >= 4 is 26.8 Å². The second-order valence-electron chi connectivity index (χ2n) is 3.51. The van der Waals surface area contributed by atoms with Crippen LogP contribution in [-0.4, -0.2) is 9.67 Å². The number of aryl methyl sites for hydroxylation is 1. The lowest BCUT2D eigenvalue weighted by atomic mass is 10.2. The molecule has 0 radical (unpaired) electrons. The van der Waals surface area contributed by atoms with Gasteiger partial charge in [-0.2, -0.15) is 0 Å². The third-order valence-electron chi connectivity index (χ3n) is 2.47. The number of hydrogen-bond donors (Lipinski definition) is 1. The van der Waals surface area contributed by atoms with E-state index in [-0.39, 0.29) is 0 Å². The summed E-state index contributed by atoms with van der Waals surface area (Å²) in [5.74, 6) is 0. The predicted molar refractivity (Wildman–Crippen MR) is 61.3 cm³/mol. The Bertz CT molecular complexity index is 473. The normalized spacial score (nSPS) is 13.4. The molecule has 1 N–H and O–H groups in total. The summed E-state index contributed by atoms with van der Waals surface area (Å²) in [5, 5.41) is 10.7. The number of benzene rings is 1. The topological polar surface area (TPSA) is 25.2 Å². The molecule has 0 saturated carbocycles. The van der Waals surface area contributed by atoms with E-state index in [0.717, 1.165) is 21.1 Å². The van der Waals surface area contributed by atoms with Gasteiger partial charge in [0.25, 0.3) is 0 Å². The van der Waals surface area contributed by atoms with Crippen LogP contribution in [0.1, 0.15) is 18.7 Å². The highest BCUT2D eigenvalue weighted by atomic mass is 79.9. The first kappa shape index (κ1) is 9.74. The lowest BCUT2D eigenvalue weighted by Gasteiger charge is -2.06. The van der Waals surface area contributed by atoms with Gasteiger partial charge in [-0.15, -0.1) is 0 Å². The van der Waals surface area contributed by atoms with Gasteiger partial charge in [0.15, 0.2) is 0 Å². The Labute approximate surface area is 91.3 Å². The van der Waals surface area contributed by atoms with Gasteiger partial charge in [0.1, 0.15) is 0 Å². The van der Waals surface area contributed by atoms with Crippen LogP contribution in [-0.2, 0) is 7.05 Å². The zero-order valence-electron chi connectivity index (χ0n) is 8.16. The molecule has 1 heterocycles. The molecule has 0 spiro atoms. The molecule has 74 valence electrons.